The molecule has 3 heterocycles. The average Bonchev–Trinajstić information content (AvgIpc) is 3.41. The van der Waals surface area contributed by atoms with Gasteiger partial charge in [-0.2, -0.15) is 0 Å². The maximum Gasteiger partial charge on any atom is 0.187 e. The van der Waals surface area contributed by atoms with Crippen LogP contribution in [0.15, 0.2) is 48.5 Å². The molecule has 4 fully saturated rings. The van der Waals surface area contributed by atoms with Gasteiger partial charge in [-0.1, -0.05) is 54.1 Å². The van der Waals surface area contributed by atoms with Crippen LogP contribution in [0.1, 0.15) is 45.8 Å². The van der Waals surface area contributed by atoms with Crippen LogP contribution < -0.4 is 0 Å². The van der Waals surface area contributed by atoms with Crippen molar-refractivity contribution in [3.63, 3.8) is 0 Å². The van der Waals surface area contributed by atoms with Gasteiger partial charge in [-0.3, -0.25) is 14.5 Å². The first-order valence-electron chi connectivity index (χ1n) is 11.8. The number of hydrogen-bond acceptors (Lipinski definition) is 5. The Morgan fingerprint density at radius 3 is 2.59 bits per heavy atom. The summed E-state index contributed by atoms with van der Waals surface area (Å²) in [5, 5.41) is 12.7. The first kappa shape index (κ1) is 19.2. The summed E-state index contributed by atoms with van der Waals surface area (Å²) >= 11 is 0. The number of fused-ring (bicyclic) bond motifs is 5. The number of Topliss-reactive ketones (excluding diaryl/α,β-unsaturated/α-hetero) is 2. The van der Waals surface area contributed by atoms with Crippen molar-refractivity contribution in [2.75, 3.05) is 26.7 Å². The lowest BCUT2D eigenvalue weighted by atomic mass is 9.59. The number of rotatable bonds is 1. The van der Waals surface area contributed by atoms with Crippen molar-refractivity contribution in [3.05, 3.63) is 70.8 Å². The van der Waals surface area contributed by atoms with Crippen molar-refractivity contribution < 1.29 is 14.7 Å². The van der Waals surface area contributed by atoms with Gasteiger partial charge < -0.3 is 10.0 Å². The molecule has 3 saturated heterocycles. The maximum absolute atomic E-state index is 14.5. The molecule has 0 radical (unpaired) electrons. The van der Waals surface area contributed by atoms with Crippen LogP contribution in [-0.2, 0) is 10.4 Å². The minimum atomic E-state index is -1.48. The number of carbonyl (C=O) groups excluding carboxylic acids is 2. The summed E-state index contributed by atoms with van der Waals surface area (Å²) in [6.45, 7) is 3.82. The number of piperidine rings is 1. The Kier molecular flexibility index (Phi) is 3.45. The molecule has 2 aliphatic carbocycles. The molecule has 1 N–H and O–H groups in total. The van der Waals surface area contributed by atoms with Gasteiger partial charge in [-0.15, -0.1) is 0 Å². The molecule has 3 aliphatic heterocycles. The lowest BCUT2D eigenvalue weighted by Crippen LogP contribution is -2.66. The van der Waals surface area contributed by atoms with Gasteiger partial charge in [0.1, 0.15) is 11.1 Å². The predicted molar refractivity (Wildman–Crippen MR) is 119 cm³/mol. The van der Waals surface area contributed by atoms with E-state index in [0.29, 0.717) is 24.2 Å². The third-order valence-electron chi connectivity index (χ3n) is 9.46. The SMILES string of the molecule is Cc1ccc([C@H]2[C@@H]3CCCN3[C@]34C(=O)c5ccccc5[C@@]3(O)[C@H]3CN(C)C[C@@]24C3=O)cc1. The van der Waals surface area contributed by atoms with Crippen molar-refractivity contribution in [1.82, 2.24) is 9.80 Å². The number of aryl methyl sites for hydroxylation is 1. The van der Waals surface area contributed by atoms with Crippen molar-refractivity contribution in [3.8, 4) is 0 Å². The summed E-state index contributed by atoms with van der Waals surface area (Å²) < 4.78 is 0. The molecule has 0 unspecified atom stereocenters. The van der Waals surface area contributed by atoms with Crippen LogP contribution in [0.4, 0.5) is 0 Å². The van der Waals surface area contributed by atoms with E-state index in [2.05, 4.69) is 41.0 Å². The molecular weight excluding hydrogens is 400 g/mol. The van der Waals surface area contributed by atoms with Crippen LogP contribution in [-0.4, -0.2) is 64.7 Å². The van der Waals surface area contributed by atoms with Crippen LogP contribution in [0.25, 0.3) is 0 Å². The highest BCUT2D eigenvalue weighted by molar-refractivity contribution is 6.18. The minimum absolute atomic E-state index is 0.0386. The zero-order valence-electron chi connectivity index (χ0n) is 18.5. The second-order valence-electron chi connectivity index (χ2n) is 10.7. The van der Waals surface area contributed by atoms with Gasteiger partial charge in [-0.25, -0.2) is 0 Å². The zero-order chi connectivity index (χ0) is 22.0. The van der Waals surface area contributed by atoms with E-state index in [4.69, 9.17) is 0 Å². The normalized spacial score (nSPS) is 42.2. The molecule has 7 rings (SSSR count). The number of ketones is 2. The van der Waals surface area contributed by atoms with Gasteiger partial charge in [0.05, 0.1) is 11.3 Å². The van der Waals surface area contributed by atoms with Gasteiger partial charge in [0.2, 0.25) is 0 Å². The summed E-state index contributed by atoms with van der Waals surface area (Å²) in [6, 6.07) is 16.1. The summed E-state index contributed by atoms with van der Waals surface area (Å²) in [5.41, 5.74) is -0.0699. The number of likely N-dealkylation sites (tertiary alicyclic amines) is 1. The third kappa shape index (κ3) is 1.70. The van der Waals surface area contributed by atoms with E-state index in [1.165, 1.54) is 5.56 Å². The standard InChI is InChI=1S/C27H28N2O3/c1-16-9-11-17(12-10-16)22-21-8-5-13-29(21)27-23(30)18-6-3-4-7-19(18)26(27,32)20-14-28(2)15-25(22,27)24(20)31/h3-4,6-7,9-12,20-22,32H,5,8,13-15H2,1-2H3/t20-,21-,22-,25-,26+,27-/m0/s1. The zero-order valence-corrected chi connectivity index (χ0v) is 18.5. The van der Waals surface area contributed by atoms with E-state index in [1.807, 2.05) is 31.3 Å². The molecule has 2 aromatic rings. The molecule has 2 spiro atoms. The highest BCUT2D eigenvalue weighted by atomic mass is 16.3. The van der Waals surface area contributed by atoms with E-state index < -0.39 is 22.5 Å². The molecule has 0 amide bonds. The molecule has 164 valence electrons. The van der Waals surface area contributed by atoms with E-state index >= 15 is 0 Å². The molecule has 0 aromatic heterocycles. The molecule has 2 aromatic carbocycles. The molecule has 32 heavy (non-hydrogen) atoms. The van der Waals surface area contributed by atoms with Crippen molar-refractivity contribution in [2.24, 2.45) is 11.3 Å². The van der Waals surface area contributed by atoms with E-state index in [-0.39, 0.29) is 23.5 Å². The summed E-state index contributed by atoms with van der Waals surface area (Å²) in [7, 11) is 2.03. The third-order valence-corrected chi connectivity index (χ3v) is 9.46. The largest absolute Gasteiger partial charge is 0.382 e. The summed E-state index contributed by atoms with van der Waals surface area (Å²) in [4.78, 5) is 33.4. The molecule has 1 saturated carbocycles. The summed E-state index contributed by atoms with van der Waals surface area (Å²) in [5.74, 6) is -0.636. The maximum atomic E-state index is 14.5. The highest BCUT2D eigenvalue weighted by Gasteiger charge is 2.91. The Hall–Kier alpha value is -2.34. The fourth-order valence-corrected chi connectivity index (χ4v) is 8.69. The molecular formula is C27H28N2O3. The van der Waals surface area contributed by atoms with Crippen molar-refractivity contribution in [1.29, 1.82) is 0 Å². The first-order chi connectivity index (χ1) is 15.4. The van der Waals surface area contributed by atoms with Crippen LogP contribution in [0.5, 0.6) is 0 Å². The van der Waals surface area contributed by atoms with Gasteiger partial charge in [0.15, 0.2) is 11.6 Å². The van der Waals surface area contributed by atoms with Crippen LogP contribution in [0.3, 0.4) is 0 Å². The Morgan fingerprint density at radius 1 is 1.06 bits per heavy atom. The van der Waals surface area contributed by atoms with E-state index in [9.17, 15) is 14.7 Å². The van der Waals surface area contributed by atoms with Crippen LogP contribution >= 0.6 is 0 Å². The molecule has 5 nitrogen and oxygen atoms in total. The predicted octanol–water partition coefficient (Wildman–Crippen LogP) is 2.51. The fourth-order valence-electron chi connectivity index (χ4n) is 8.69. The molecule has 5 heteroatoms. The molecule has 5 aliphatic rings. The number of aliphatic hydroxyl groups is 1. The topological polar surface area (TPSA) is 60.9 Å². The Morgan fingerprint density at radius 2 is 1.81 bits per heavy atom. The Bertz CT molecular complexity index is 1190. The van der Waals surface area contributed by atoms with Gasteiger partial charge in [-0.05, 0) is 44.5 Å². The van der Waals surface area contributed by atoms with Crippen molar-refractivity contribution in [2.45, 2.75) is 42.9 Å². The Balaban J connectivity index is 1.60. The van der Waals surface area contributed by atoms with Gasteiger partial charge in [0.25, 0.3) is 0 Å². The van der Waals surface area contributed by atoms with E-state index in [0.717, 1.165) is 24.9 Å². The lowest BCUT2D eigenvalue weighted by molar-refractivity contribution is -0.137. The number of benzene rings is 2. The number of nitrogens with zero attached hydrogens (tertiary/aromatic N) is 2. The second-order valence-corrected chi connectivity index (χ2v) is 10.7. The quantitative estimate of drug-likeness (QED) is 0.756. The lowest BCUT2D eigenvalue weighted by Gasteiger charge is -2.47. The number of carbonyl (C=O) groups is 2. The van der Waals surface area contributed by atoms with Crippen molar-refractivity contribution >= 4 is 11.6 Å². The van der Waals surface area contributed by atoms with Crippen LogP contribution in [0, 0.1) is 18.3 Å². The molecule has 2 bridgehead atoms. The first-order valence-corrected chi connectivity index (χ1v) is 11.8. The monoisotopic (exact) mass is 428 g/mol. The van der Waals surface area contributed by atoms with Gasteiger partial charge in [0, 0.05) is 30.6 Å². The number of hydrogen-bond donors (Lipinski definition) is 1. The van der Waals surface area contributed by atoms with Crippen LogP contribution in [0.2, 0.25) is 0 Å². The smallest absolute Gasteiger partial charge is 0.187 e. The highest BCUT2D eigenvalue weighted by Crippen LogP contribution is 2.76. The minimum Gasteiger partial charge on any atom is -0.382 e. The second kappa shape index (κ2) is 5.77. The van der Waals surface area contributed by atoms with Gasteiger partial charge >= 0.3 is 0 Å². The average molecular weight is 429 g/mol. The summed E-state index contributed by atoms with van der Waals surface area (Å²) in [6.07, 6.45) is 1.93. The Labute approximate surface area is 188 Å². The van der Waals surface area contributed by atoms with E-state index in [1.54, 1.807) is 0 Å². The molecule has 6 atom stereocenters. The fraction of sp³-hybridized carbons (Fsp3) is 0.481.